The molecule has 2 aromatic carbocycles. The average Bonchev–Trinajstić information content (AvgIpc) is 3.16. The summed E-state index contributed by atoms with van der Waals surface area (Å²) in [6, 6.07) is 17.8. The van der Waals surface area contributed by atoms with E-state index < -0.39 is 0 Å². The van der Waals surface area contributed by atoms with Crippen molar-refractivity contribution in [3.05, 3.63) is 65.7 Å². The molecule has 0 atom stereocenters. The van der Waals surface area contributed by atoms with Gasteiger partial charge in [0.25, 0.3) is 0 Å². The highest BCUT2D eigenvalue weighted by Crippen LogP contribution is 2.27. The normalized spacial score (nSPS) is 13.9. The number of carbonyl (C=O) groups excluding carboxylic acids is 2. The summed E-state index contributed by atoms with van der Waals surface area (Å²) in [4.78, 5) is 27.5. The summed E-state index contributed by atoms with van der Waals surface area (Å²) in [5, 5.41) is 0. The highest BCUT2D eigenvalue weighted by Gasteiger charge is 2.22. The van der Waals surface area contributed by atoms with Crippen LogP contribution in [0.3, 0.4) is 0 Å². The molecule has 3 rings (SSSR count). The Balaban J connectivity index is 1.66. The number of likely N-dealkylation sites (tertiary alicyclic amines) is 1. The van der Waals surface area contributed by atoms with Crippen LogP contribution in [0.25, 0.3) is 0 Å². The van der Waals surface area contributed by atoms with Crippen molar-refractivity contribution < 1.29 is 9.59 Å². The van der Waals surface area contributed by atoms with Gasteiger partial charge in [-0.2, -0.15) is 0 Å². The molecule has 0 aliphatic carbocycles. The topological polar surface area (TPSA) is 37.4 Å². The van der Waals surface area contributed by atoms with Gasteiger partial charge in [0.05, 0.1) is 6.42 Å². The molecule has 0 saturated carbocycles. The van der Waals surface area contributed by atoms with E-state index in [1.54, 1.807) is 16.7 Å². The first-order valence-corrected chi connectivity index (χ1v) is 9.29. The molecule has 0 N–H and O–H groups in total. The number of hydrogen-bond donors (Lipinski definition) is 0. The predicted molar refractivity (Wildman–Crippen MR) is 97.2 cm³/mol. The molecule has 3 nitrogen and oxygen atoms in total. The number of hydrogen-bond acceptors (Lipinski definition) is 3. The van der Waals surface area contributed by atoms with Crippen LogP contribution in [0.15, 0.2) is 59.5 Å². The zero-order valence-corrected chi connectivity index (χ0v) is 14.4. The molecule has 0 spiro atoms. The van der Waals surface area contributed by atoms with Gasteiger partial charge in [-0.05, 0) is 24.5 Å². The SMILES string of the molecule is O=C(CC(=O)N1CCCC1)c1ccccc1SCc1ccccc1. The van der Waals surface area contributed by atoms with Gasteiger partial charge in [-0.1, -0.05) is 48.5 Å². The lowest BCUT2D eigenvalue weighted by Gasteiger charge is -2.15. The molecule has 1 amide bonds. The Kier molecular flexibility index (Phi) is 5.70. The maximum absolute atomic E-state index is 12.6. The van der Waals surface area contributed by atoms with Crippen molar-refractivity contribution in [2.45, 2.75) is 29.9 Å². The standard InChI is InChI=1S/C20H21NO2S/c22-18(14-20(23)21-12-6-7-13-21)17-10-4-5-11-19(17)24-15-16-8-2-1-3-9-16/h1-5,8-11H,6-7,12-15H2. The van der Waals surface area contributed by atoms with Gasteiger partial charge in [-0.15, -0.1) is 11.8 Å². The van der Waals surface area contributed by atoms with Crippen LogP contribution in [0.2, 0.25) is 0 Å². The molecule has 0 bridgehead atoms. The molecule has 1 aliphatic heterocycles. The van der Waals surface area contributed by atoms with Crippen molar-refractivity contribution in [1.29, 1.82) is 0 Å². The molecule has 124 valence electrons. The van der Waals surface area contributed by atoms with Crippen LogP contribution in [-0.2, 0) is 10.5 Å². The smallest absolute Gasteiger partial charge is 0.230 e. The quantitative estimate of drug-likeness (QED) is 0.450. The van der Waals surface area contributed by atoms with E-state index in [1.165, 1.54) is 5.56 Å². The van der Waals surface area contributed by atoms with Crippen LogP contribution < -0.4 is 0 Å². The fourth-order valence-electron chi connectivity index (χ4n) is 2.87. The molecule has 24 heavy (non-hydrogen) atoms. The first-order chi connectivity index (χ1) is 11.7. The lowest BCUT2D eigenvalue weighted by Crippen LogP contribution is -2.29. The van der Waals surface area contributed by atoms with Gasteiger partial charge in [0.15, 0.2) is 5.78 Å². The highest BCUT2D eigenvalue weighted by atomic mass is 32.2. The first kappa shape index (κ1) is 16.8. The Morgan fingerprint density at radius 2 is 1.58 bits per heavy atom. The van der Waals surface area contributed by atoms with E-state index in [0.29, 0.717) is 5.56 Å². The number of nitrogens with zero attached hydrogens (tertiary/aromatic N) is 1. The number of rotatable bonds is 6. The lowest BCUT2D eigenvalue weighted by atomic mass is 10.1. The van der Waals surface area contributed by atoms with Crippen molar-refractivity contribution in [2.24, 2.45) is 0 Å². The molecule has 1 saturated heterocycles. The summed E-state index contributed by atoms with van der Waals surface area (Å²) in [5.41, 5.74) is 1.88. The van der Waals surface area contributed by atoms with Crippen molar-refractivity contribution in [2.75, 3.05) is 13.1 Å². The molecule has 2 aromatic rings. The van der Waals surface area contributed by atoms with Gasteiger partial charge in [0.2, 0.25) is 5.91 Å². The van der Waals surface area contributed by atoms with Gasteiger partial charge in [0, 0.05) is 29.3 Å². The van der Waals surface area contributed by atoms with Crippen molar-refractivity contribution in [3.8, 4) is 0 Å². The Labute approximate surface area is 147 Å². The third-order valence-corrected chi connectivity index (χ3v) is 5.34. The summed E-state index contributed by atoms with van der Waals surface area (Å²) >= 11 is 1.64. The van der Waals surface area contributed by atoms with Crippen molar-refractivity contribution in [3.63, 3.8) is 0 Å². The summed E-state index contributed by atoms with van der Waals surface area (Å²) < 4.78 is 0. The molecule has 0 radical (unpaired) electrons. The third kappa shape index (κ3) is 4.26. The van der Waals surface area contributed by atoms with Gasteiger partial charge in [-0.3, -0.25) is 9.59 Å². The summed E-state index contributed by atoms with van der Waals surface area (Å²) in [5.74, 6) is 0.689. The lowest BCUT2D eigenvalue weighted by molar-refractivity contribution is -0.129. The summed E-state index contributed by atoms with van der Waals surface area (Å²) in [6.45, 7) is 1.58. The van der Waals surface area contributed by atoms with Crippen LogP contribution >= 0.6 is 11.8 Å². The number of benzene rings is 2. The fourth-order valence-corrected chi connectivity index (χ4v) is 3.90. The van der Waals surface area contributed by atoms with Gasteiger partial charge in [0.1, 0.15) is 0 Å². The largest absolute Gasteiger partial charge is 0.342 e. The first-order valence-electron chi connectivity index (χ1n) is 8.31. The number of Topliss-reactive ketones (excluding diaryl/α,β-unsaturated/α-hetero) is 1. The maximum atomic E-state index is 12.6. The average molecular weight is 339 g/mol. The maximum Gasteiger partial charge on any atom is 0.230 e. The summed E-state index contributed by atoms with van der Waals surface area (Å²) in [6.07, 6.45) is 2.07. The minimum absolute atomic E-state index is 0.0249. The number of ketones is 1. The molecule has 1 heterocycles. The van der Waals surface area contributed by atoms with E-state index >= 15 is 0 Å². The van der Waals surface area contributed by atoms with Crippen molar-refractivity contribution in [1.82, 2.24) is 4.90 Å². The molecule has 4 heteroatoms. The molecular formula is C20H21NO2S. The fraction of sp³-hybridized carbons (Fsp3) is 0.300. The predicted octanol–water partition coefficient (Wildman–Crippen LogP) is 4.17. The van der Waals surface area contributed by atoms with Gasteiger partial charge >= 0.3 is 0 Å². The minimum atomic E-state index is -0.0805. The van der Waals surface area contributed by atoms with E-state index in [1.807, 2.05) is 42.5 Å². The number of amides is 1. The van der Waals surface area contributed by atoms with Crippen LogP contribution in [-0.4, -0.2) is 29.7 Å². The molecule has 0 aromatic heterocycles. The van der Waals surface area contributed by atoms with E-state index in [4.69, 9.17) is 0 Å². The van der Waals surface area contributed by atoms with E-state index in [9.17, 15) is 9.59 Å². The van der Waals surface area contributed by atoms with Crippen LogP contribution in [0.5, 0.6) is 0 Å². The highest BCUT2D eigenvalue weighted by molar-refractivity contribution is 7.98. The Bertz CT molecular complexity index is 709. The molecule has 0 unspecified atom stereocenters. The Hall–Kier alpha value is -2.07. The molecule has 1 aliphatic rings. The monoisotopic (exact) mass is 339 g/mol. The third-order valence-electron chi connectivity index (χ3n) is 4.20. The summed E-state index contributed by atoms with van der Waals surface area (Å²) in [7, 11) is 0. The van der Waals surface area contributed by atoms with Crippen LogP contribution in [0, 0.1) is 0 Å². The van der Waals surface area contributed by atoms with Gasteiger partial charge in [-0.25, -0.2) is 0 Å². The second-order valence-electron chi connectivity index (χ2n) is 5.96. The van der Waals surface area contributed by atoms with Crippen LogP contribution in [0.4, 0.5) is 0 Å². The second-order valence-corrected chi connectivity index (χ2v) is 6.98. The molecular weight excluding hydrogens is 318 g/mol. The number of carbonyl (C=O) groups is 2. The second kappa shape index (κ2) is 8.15. The van der Waals surface area contributed by atoms with E-state index in [2.05, 4.69) is 12.1 Å². The van der Waals surface area contributed by atoms with Crippen molar-refractivity contribution >= 4 is 23.5 Å². The minimum Gasteiger partial charge on any atom is -0.342 e. The molecule has 1 fully saturated rings. The van der Waals surface area contributed by atoms with E-state index in [-0.39, 0.29) is 18.1 Å². The Morgan fingerprint density at radius 1 is 0.917 bits per heavy atom. The zero-order chi connectivity index (χ0) is 16.8. The zero-order valence-electron chi connectivity index (χ0n) is 13.6. The number of thioether (sulfide) groups is 1. The van der Waals surface area contributed by atoms with E-state index in [0.717, 1.165) is 36.6 Å². The van der Waals surface area contributed by atoms with Crippen LogP contribution in [0.1, 0.15) is 35.2 Å². The van der Waals surface area contributed by atoms with Gasteiger partial charge < -0.3 is 4.90 Å². The Morgan fingerprint density at radius 3 is 2.33 bits per heavy atom.